The monoisotopic (exact) mass is 285 g/mol. The van der Waals surface area contributed by atoms with Gasteiger partial charge in [0.25, 0.3) is 0 Å². The third-order valence-electron chi connectivity index (χ3n) is 4.69. The van der Waals surface area contributed by atoms with Crippen molar-refractivity contribution in [1.82, 2.24) is 10.2 Å². The molecule has 0 aromatic heterocycles. The second-order valence-corrected chi connectivity index (χ2v) is 5.83. The summed E-state index contributed by atoms with van der Waals surface area (Å²) in [5.41, 5.74) is 1.36. The molecule has 1 aliphatic carbocycles. The van der Waals surface area contributed by atoms with Crippen LogP contribution in [0.15, 0.2) is 30.3 Å². The van der Waals surface area contributed by atoms with Gasteiger partial charge in [0.05, 0.1) is 12.0 Å². The van der Waals surface area contributed by atoms with Gasteiger partial charge in [0, 0.05) is 18.6 Å². The van der Waals surface area contributed by atoms with Crippen LogP contribution in [0.5, 0.6) is 0 Å². The Balaban J connectivity index is 2.04. The highest BCUT2D eigenvalue weighted by molar-refractivity contribution is 5.19. The van der Waals surface area contributed by atoms with Crippen LogP contribution in [0.2, 0.25) is 0 Å². The Hall–Kier alpha value is -1.37. The van der Waals surface area contributed by atoms with Gasteiger partial charge in [-0.25, -0.2) is 0 Å². The zero-order valence-electron chi connectivity index (χ0n) is 13.3. The maximum atomic E-state index is 9.22. The van der Waals surface area contributed by atoms with Crippen LogP contribution in [0.4, 0.5) is 0 Å². The molecule has 21 heavy (non-hydrogen) atoms. The Bertz CT molecular complexity index is 447. The van der Waals surface area contributed by atoms with E-state index in [0.29, 0.717) is 12.1 Å². The number of likely N-dealkylation sites (N-methyl/N-ethyl adjacent to an activating group) is 1. The van der Waals surface area contributed by atoms with Crippen molar-refractivity contribution in [3.05, 3.63) is 35.9 Å². The van der Waals surface area contributed by atoms with Crippen LogP contribution in [0.1, 0.15) is 44.7 Å². The molecule has 0 spiro atoms. The lowest BCUT2D eigenvalue weighted by Crippen LogP contribution is -2.40. The molecule has 1 saturated carbocycles. The largest absolute Gasteiger partial charge is 0.311 e. The minimum Gasteiger partial charge on any atom is -0.311 e. The molecule has 0 amide bonds. The van der Waals surface area contributed by atoms with Crippen molar-refractivity contribution in [2.45, 2.75) is 45.2 Å². The number of rotatable bonds is 7. The van der Waals surface area contributed by atoms with Crippen molar-refractivity contribution in [2.75, 3.05) is 19.6 Å². The summed E-state index contributed by atoms with van der Waals surface area (Å²) in [4.78, 5) is 2.48. The van der Waals surface area contributed by atoms with Gasteiger partial charge in [-0.1, -0.05) is 50.6 Å². The maximum Gasteiger partial charge on any atom is 0.0672 e. The summed E-state index contributed by atoms with van der Waals surface area (Å²) in [7, 11) is 0. The lowest BCUT2D eigenvalue weighted by molar-refractivity contribution is 0.206. The molecule has 3 heteroatoms. The van der Waals surface area contributed by atoms with Gasteiger partial charge in [0.2, 0.25) is 0 Å². The zero-order valence-corrected chi connectivity index (χ0v) is 13.3. The van der Waals surface area contributed by atoms with E-state index in [1.807, 2.05) is 0 Å². The Morgan fingerprint density at radius 3 is 2.57 bits per heavy atom. The second kappa shape index (κ2) is 8.17. The van der Waals surface area contributed by atoms with Crippen LogP contribution >= 0.6 is 0 Å². The third kappa shape index (κ3) is 4.06. The molecule has 0 radical (unpaired) electrons. The molecule has 0 heterocycles. The van der Waals surface area contributed by atoms with E-state index in [1.54, 1.807) is 0 Å². The summed E-state index contributed by atoms with van der Waals surface area (Å²) >= 11 is 0. The van der Waals surface area contributed by atoms with Crippen LogP contribution in [-0.2, 0) is 0 Å². The van der Waals surface area contributed by atoms with E-state index in [9.17, 15) is 5.26 Å². The molecular weight excluding hydrogens is 258 g/mol. The SMILES string of the molecule is CCN(CC)C(CNC1CCCC1C#N)c1ccccc1. The van der Waals surface area contributed by atoms with Crippen molar-refractivity contribution in [3.63, 3.8) is 0 Å². The molecule has 1 fully saturated rings. The van der Waals surface area contributed by atoms with Crippen LogP contribution < -0.4 is 5.32 Å². The predicted octanol–water partition coefficient (Wildman–Crippen LogP) is 3.35. The summed E-state index contributed by atoms with van der Waals surface area (Å²) in [6.07, 6.45) is 3.37. The Morgan fingerprint density at radius 1 is 1.24 bits per heavy atom. The molecule has 114 valence electrons. The Kier molecular flexibility index (Phi) is 6.22. The first-order valence-electron chi connectivity index (χ1n) is 8.22. The summed E-state index contributed by atoms with van der Waals surface area (Å²) < 4.78 is 0. The first kappa shape index (κ1) is 16.0. The quantitative estimate of drug-likeness (QED) is 0.835. The van der Waals surface area contributed by atoms with Crippen molar-refractivity contribution in [3.8, 4) is 6.07 Å². The minimum atomic E-state index is 0.193. The fourth-order valence-electron chi connectivity index (χ4n) is 3.42. The lowest BCUT2D eigenvalue weighted by atomic mass is 10.0. The fraction of sp³-hybridized carbons (Fsp3) is 0.611. The normalized spacial score (nSPS) is 23.1. The first-order valence-corrected chi connectivity index (χ1v) is 8.22. The van der Waals surface area contributed by atoms with Gasteiger partial charge in [-0.15, -0.1) is 0 Å². The third-order valence-corrected chi connectivity index (χ3v) is 4.69. The summed E-state index contributed by atoms with van der Waals surface area (Å²) in [5.74, 6) is 0.193. The smallest absolute Gasteiger partial charge is 0.0672 e. The number of hydrogen-bond acceptors (Lipinski definition) is 3. The molecule has 1 aromatic carbocycles. The number of nitriles is 1. The van der Waals surface area contributed by atoms with Gasteiger partial charge in [-0.05, 0) is 31.5 Å². The fourth-order valence-corrected chi connectivity index (χ4v) is 3.42. The Morgan fingerprint density at radius 2 is 1.95 bits per heavy atom. The number of benzene rings is 1. The minimum absolute atomic E-state index is 0.193. The molecule has 0 saturated heterocycles. The van der Waals surface area contributed by atoms with Gasteiger partial charge in [-0.3, -0.25) is 4.90 Å². The van der Waals surface area contributed by atoms with Crippen LogP contribution in [0.25, 0.3) is 0 Å². The second-order valence-electron chi connectivity index (χ2n) is 5.83. The molecule has 0 bridgehead atoms. The maximum absolute atomic E-state index is 9.22. The van der Waals surface area contributed by atoms with E-state index >= 15 is 0 Å². The number of nitrogens with one attached hydrogen (secondary N) is 1. The van der Waals surface area contributed by atoms with Gasteiger partial charge < -0.3 is 5.32 Å². The molecule has 3 nitrogen and oxygen atoms in total. The molecule has 1 aromatic rings. The van der Waals surface area contributed by atoms with Crippen LogP contribution in [0.3, 0.4) is 0 Å². The molecule has 1 aliphatic rings. The van der Waals surface area contributed by atoms with E-state index in [2.05, 4.69) is 60.5 Å². The summed E-state index contributed by atoms with van der Waals surface area (Å²) in [5, 5.41) is 12.9. The summed E-state index contributed by atoms with van der Waals surface area (Å²) in [6.45, 7) is 7.45. The van der Waals surface area contributed by atoms with Crippen molar-refractivity contribution >= 4 is 0 Å². The van der Waals surface area contributed by atoms with E-state index in [4.69, 9.17) is 0 Å². The molecule has 3 atom stereocenters. The first-order chi connectivity index (χ1) is 10.3. The van der Waals surface area contributed by atoms with E-state index in [-0.39, 0.29) is 5.92 Å². The van der Waals surface area contributed by atoms with Crippen LogP contribution in [0, 0.1) is 17.2 Å². The lowest BCUT2D eigenvalue weighted by Gasteiger charge is -2.31. The molecule has 3 unspecified atom stereocenters. The molecule has 0 aliphatic heterocycles. The Labute approximate surface area is 129 Å². The highest BCUT2D eigenvalue weighted by atomic mass is 15.2. The molecule has 2 rings (SSSR count). The predicted molar refractivity (Wildman–Crippen MR) is 86.8 cm³/mol. The standard InChI is InChI=1S/C18H27N3/c1-3-21(4-2)18(15-9-6-5-7-10-15)14-20-17-12-8-11-16(17)13-19/h5-7,9-10,16-18,20H,3-4,8,11-12,14H2,1-2H3. The highest BCUT2D eigenvalue weighted by Crippen LogP contribution is 2.26. The van der Waals surface area contributed by atoms with Crippen LogP contribution in [-0.4, -0.2) is 30.6 Å². The van der Waals surface area contributed by atoms with Gasteiger partial charge in [0.15, 0.2) is 0 Å². The number of nitrogens with zero attached hydrogens (tertiary/aromatic N) is 2. The molecular formula is C18H27N3. The van der Waals surface area contributed by atoms with E-state index in [1.165, 1.54) is 12.0 Å². The highest BCUT2D eigenvalue weighted by Gasteiger charge is 2.28. The average molecular weight is 285 g/mol. The number of hydrogen-bond donors (Lipinski definition) is 1. The van der Waals surface area contributed by atoms with Crippen molar-refractivity contribution < 1.29 is 0 Å². The summed E-state index contributed by atoms with van der Waals surface area (Å²) in [6, 6.07) is 13.9. The van der Waals surface area contributed by atoms with Crippen molar-refractivity contribution in [1.29, 1.82) is 5.26 Å². The van der Waals surface area contributed by atoms with E-state index in [0.717, 1.165) is 32.5 Å². The molecule has 1 N–H and O–H groups in total. The average Bonchev–Trinajstić information content (AvgIpc) is 2.99. The van der Waals surface area contributed by atoms with Crippen molar-refractivity contribution in [2.24, 2.45) is 5.92 Å². The van der Waals surface area contributed by atoms with Gasteiger partial charge >= 0.3 is 0 Å². The van der Waals surface area contributed by atoms with Gasteiger partial charge in [-0.2, -0.15) is 5.26 Å². The van der Waals surface area contributed by atoms with Gasteiger partial charge in [0.1, 0.15) is 0 Å². The topological polar surface area (TPSA) is 39.1 Å². The van der Waals surface area contributed by atoms with E-state index < -0.39 is 0 Å². The zero-order chi connectivity index (χ0) is 15.1.